The number of nitriles is 1. The number of aliphatic carboxylic acids is 1. The summed E-state index contributed by atoms with van der Waals surface area (Å²) in [7, 11) is 0. The van der Waals surface area contributed by atoms with Crippen molar-refractivity contribution in [3.63, 3.8) is 0 Å². The summed E-state index contributed by atoms with van der Waals surface area (Å²) in [6, 6.07) is 12.5. The molecule has 0 saturated carbocycles. The van der Waals surface area contributed by atoms with E-state index < -0.39 is 18.2 Å². The predicted molar refractivity (Wildman–Crippen MR) is 83.4 cm³/mol. The minimum Gasteiger partial charge on any atom is -0.475 e. The summed E-state index contributed by atoms with van der Waals surface area (Å²) in [5.74, 6) is -2.76. The summed E-state index contributed by atoms with van der Waals surface area (Å²) in [5.41, 5.74) is 1.42. The Hall–Kier alpha value is -3.06. The van der Waals surface area contributed by atoms with Gasteiger partial charge in [0.2, 0.25) is 0 Å². The van der Waals surface area contributed by atoms with E-state index in [1.807, 2.05) is 17.5 Å². The number of amides is 1. The third-order valence-electron chi connectivity index (χ3n) is 2.67. The third kappa shape index (κ3) is 6.52. The molecule has 25 heavy (non-hydrogen) atoms. The molecule has 2 aromatic rings. The van der Waals surface area contributed by atoms with E-state index in [0.29, 0.717) is 10.6 Å². The molecule has 132 valence electrons. The highest BCUT2D eigenvalue weighted by molar-refractivity contribution is 7.14. The van der Waals surface area contributed by atoms with Crippen molar-refractivity contribution in [2.45, 2.75) is 12.7 Å². The number of benzene rings is 1. The quantitative estimate of drug-likeness (QED) is 0.850. The van der Waals surface area contributed by atoms with E-state index in [-0.39, 0.29) is 6.54 Å². The molecule has 2 rings (SSSR count). The monoisotopic (exact) mass is 372 g/mol. The second kappa shape index (κ2) is 8.70. The number of carboxylic acids is 1. The van der Waals surface area contributed by atoms with Crippen LogP contribution in [0.3, 0.4) is 0 Å². The first-order chi connectivity index (χ1) is 11.6. The number of carboxylic acid groups (broad SMARTS) is 2. The number of rotatable bonds is 3. The summed E-state index contributed by atoms with van der Waals surface area (Å²) < 4.78 is 31.7. The molecule has 0 saturated heterocycles. The van der Waals surface area contributed by atoms with E-state index >= 15 is 0 Å². The lowest BCUT2D eigenvalue weighted by Crippen LogP contribution is -2.27. The molecule has 6 nitrogen and oxygen atoms in total. The van der Waals surface area contributed by atoms with Gasteiger partial charge in [0.05, 0.1) is 18.2 Å². The highest BCUT2D eigenvalue weighted by Gasteiger charge is 2.38. The Morgan fingerprint density at radius 2 is 1.72 bits per heavy atom. The fraction of sp³-hybridized carbons (Fsp3) is 0.133. The Labute approximate surface area is 144 Å². The maximum atomic E-state index is 11.2. The van der Waals surface area contributed by atoms with Crippen molar-refractivity contribution in [1.82, 2.24) is 0 Å². The minimum atomic E-state index is -5.08. The summed E-state index contributed by atoms with van der Waals surface area (Å²) in [4.78, 5) is 21.4. The van der Waals surface area contributed by atoms with Crippen LogP contribution in [-0.4, -0.2) is 28.5 Å². The van der Waals surface area contributed by atoms with Gasteiger partial charge >= 0.3 is 18.2 Å². The van der Waals surface area contributed by atoms with Gasteiger partial charge in [-0.05, 0) is 35.2 Å². The fourth-order valence-corrected chi connectivity index (χ4v) is 2.25. The summed E-state index contributed by atoms with van der Waals surface area (Å²) in [5, 5.41) is 27.5. The van der Waals surface area contributed by atoms with Crippen molar-refractivity contribution in [3.05, 3.63) is 52.9 Å². The zero-order valence-corrected chi connectivity index (χ0v) is 13.2. The van der Waals surface area contributed by atoms with Crippen LogP contribution in [0.1, 0.15) is 11.1 Å². The third-order valence-corrected chi connectivity index (χ3v) is 3.56. The van der Waals surface area contributed by atoms with Crippen molar-refractivity contribution in [2.24, 2.45) is 0 Å². The highest BCUT2D eigenvalue weighted by Crippen LogP contribution is 2.23. The average molecular weight is 372 g/mol. The normalized spacial score (nSPS) is 10.2. The van der Waals surface area contributed by atoms with E-state index in [1.165, 1.54) is 16.2 Å². The number of hydrogen-bond donors (Lipinski definition) is 2. The van der Waals surface area contributed by atoms with E-state index in [4.69, 9.17) is 15.2 Å². The molecule has 1 aromatic heterocycles. The molecule has 0 unspecified atom stereocenters. The van der Waals surface area contributed by atoms with Gasteiger partial charge in [-0.1, -0.05) is 12.1 Å². The zero-order valence-electron chi connectivity index (χ0n) is 12.4. The van der Waals surface area contributed by atoms with Crippen LogP contribution in [0.15, 0.2) is 41.8 Å². The van der Waals surface area contributed by atoms with Crippen molar-refractivity contribution >= 4 is 28.4 Å². The number of hydrogen-bond acceptors (Lipinski definition) is 4. The van der Waals surface area contributed by atoms with Gasteiger partial charge in [0.25, 0.3) is 0 Å². The number of anilines is 1. The molecule has 1 heterocycles. The number of alkyl halides is 3. The van der Waals surface area contributed by atoms with Gasteiger partial charge < -0.3 is 10.2 Å². The van der Waals surface area contributed by atoms with Crippen LogP contribution in [0.25, 0.3) is 0 Å². The number of nitrogens with zero attached hydrogens (tertiary/aromatic N) is 2. The molecule has 1 aromatic carbocycles. The second-order valence-corrected chi connectivity index (χ2v) is 5.36. The van der Waals surface area contributed by atoms with Crippen LogP contribution >= 0.6 is 11.3 Å². The second-order valence-electron chi connectivity index (χ2n) is 4.43. The van der Waals surface area contributed by atoms with Gasteiger partial charge in [-0.3, -0.25) is 4.90 Å². The molecule has 0 atom stereocenters. The summed E-state index contributed by atoms with van der Waals surface area (Å²) in [6.45, 7) is 0.279. The molecule has 10 heteroatoms. The smallest absolute Gasteiger partial charge is 0.475 e. The molecule has 0 aliphatic heterocycles. The average Bonchev–Trinajstić information content (AvgIpc) is 3.06. The van der Waals surface area contributed by atoms with Crippen molar-refractivity contribution in [2.75, 3.05) is 4.90 Å². The predicted octanol–water partition coefficient (Wildman–Crippen LogP) is 3.94. The van der Waals surface area contributed by atoms with Gasteiger partial charge in [0, 0.05) is 0 Å². The molecule has 1 amide bonds. The van der Waals surface area contributed by atoms with E-state index in [1.54, 1.807) is 30.3 Å². The summed E-state index contributed by atoms with van der Waals surface area (Å²) >= 11 is 1.38. The van der Waals surface area contributed by atoms with Crippen molar-refractivity contribution < 1.29 is 33.0 Å². The maximum absolute atomic E-state index is 11.2. The Morgan fingerprint density at radius 3 is 2.08 bits per heavy atom. The molecular weight excluding hydrogens is 361 g/mol. The van der Waals surface area contributed by atoms with Gasteiger partial charge in [-0.25, -0.2) is 9.59 Å². The van der Waals surface area contributed by atoms with Gasteiger partial charge in [-0.2, -0.15) is 18.4 Å². The molecule has 0 fully saturated rings. The maximum Gasteiger partial charge on any atom is 0.490 e. The Kier molecular flexibility index (Phi) is 6.95. The van der Waals surface area contributed by atoms with E-state index in [9.17, 15) is 23.1 Å². The zero-order chi connectivity index (χ0) is 19.0. The van der Waals surface area contributed by atoms with Gasteiger partial charge in [0.15, 0.2) is 0 Å². The first kappa shape index (κ1) is 20.0. The minimum absolute atomic E-state index is 0.279. The molecule has 0 aliphatic carbocycles. The van der Waals surface area contributed by atoms with Crippen molar-refractivity contribution in [3.8, 4) is 6.07 Å². The Morgan fingerprint density at radius 1 is 1.16 bits per heavy atom. The van der Waals surface area contributed by atoms with Crippen molar-refractivity contribution in [1.29, 1.82) is 5.26 Å². The standard InChI is InChI=1S/C13H10N2O2S.C2HF3O2/c14-8-10-3-5-11(6-4-10)9-15(13(16)17)12-2-1-7-18-12;3-2(4,5)1(6)7/h1-7H,9H2,(H,16,17);(H,6,7). The number of carbonyl (C=O) groups is 2. The molecule has 2 N–H and O–H groups in total. The van der Waals surface area contributed by atoms with E-state index in [0.717, 1.165) is 5.56 Å². The lowest BCUT2D eigenvalue weighted by molar-refractivity contribution is -0.192. The number of thiophene rings is 1. The SMILES string of the molecule is N#Cc1ccc(CN(C(=O)O)c2cccs2)cc1.O=C(O)C(F)(F)F. The lowest BCUT2D eigenvalue weighted by Gasteiger charge is -2.17. The molecule has 0 bridgehead atoms. The fourth-order valence-electron chi connectivity index (χ4n) is 1.53. The van der Waals surface area contributed by atoms with Crippen LogP contribution < -0.4 is 4.90 Å². The van der Waals surface area contributed by atoms with Gasteiger partial charge in [-0.15, -0.1) is 11.3 Å². The molecule has 0 radical (unpaired) electrons. The highest BCUT2D eigenvalue weighted by atomic mass is 32.1. The van der Waals surface area contributed by atoms with Crippen LogP contribution in [0, 0.1) is 11.3 Å². The van der Waals surface area contributed by atoms with Crippen LogP contribution in [0.5, 0.6) is 0 Å². The van der Waals surface area contributed by atoms with Crippen LogP contribution in [0.4, 0.5) is 23.0 Å². The van der Waals surface area contributed by atoms with Crippen LogP contribution in [0.2, 0.25) is 0 Å². The topological polar surface area (TPSA) is 102 Å². The first-order valence-electron chi connectivity index (χ1n) is 6.48. The first-order valence-corrected chi connectivity index (χ1v) is 7.36. The molecule has 0 spiro atoms. The molecular formula is C15H11F3N2O4S. The lowest BCUT2D eigenvalue weighted by atomic mass is 10.1. The Bertz CT molecular complexity index is 753. The van der Waals surface area contributed by atoms with E-state index in [2.05, 4.69) is 0 Å². The molecule has 0 aliphatic rings. The number of halogens is 3. The summed E-state index contributed by atoms with van der Waals surface area (Å²) in [6.07, 6.45) is -6.07. The van der Waals surface area contributed by atoms with Gasteiger partial charge in [0.1, 0.15) is 5.00 Å². The van der Waals surface area contributed by atoms with Crippen LogP contribution in [-0.2, 0) is 11.3 Å². The Balaban J connectivity index is 0.000000381. The largest absolute Gasteiger partial charge is 0.490 e.